The number of nitrogens with zero attached hydrogens (tertiary/aromatic N) is 3. The minimum absolute atomic E-state index is 0.121. The number of hydrogen-bond acceptors (Lipinski definition) is 6. The highest BCUT2D eigenvalue weighted by Gasteiger charge is 2.23. The summed E-state index contributed by atoms with van der Waals surface area (Å²) in [6, 6.07) is 6.18. The molecular weight excluding hydrogens is 372 g/mol. The summed E-state index contributed by atoms with van der Waals surface area (Å²) >= 11 is 5.92. The molecule has 0 spiro atoms. The monoisotopic (exact) mass is 390 g/mol. The topological polar surface area (TPSA) is 99.2 Å². The molecule has 9 heteroatoms. The summed E-state index contributed by atoms with van der Waals surface area (Å²) < 4.78 is 11.4. The van der Waals surface area contributed by atoms with Crippen LogP contribution in [0.3, 0.4) is 0 Å². The Labute approximate surface area is 160 Å². The van der Waals surface area contributed by atoms with Gasteiger partial charge in [0.05, 0.1) is 6.61 Å². The first-order valence-corrected chi connectivity index (χ1v) is 8.83. The van der Waals surface area contributed by atoms with E-state index in [1.54, 1.807) is 31.4 Å². The van der Waals surface area contributed by atoms with Crippen LogP contribution in [-0.2, 0) is 9.53 Å². The van der Waals surface area contributed by atoms with Crippen molar-refractivity contribution in [2.24, 2.45) is 0 Å². The van der Waals surface area contributed by atoms with Crippen LogP contribution in [0.5, 0.6) is 0 Å². The van der Waals surface area contributed by atoms with Crippen LogP contribution in [0.4, 0.5) is 0 Å². The molecule has 0 aliphatic carbocycles. The van der Waals surface area contributed by atoms with E-state index in [2.05, 4.69) is 15.5 Å². The third-order valence-electron chi connectivity index (χ3n) is 4.17. The van der Waals surface area contributed by atoms with Gasteiger partial charge in [0.15, 0.2) is 0 Å². The molecule has 1 N–H and O–H groups in total. The standard InChI is InChI=1S/C18H19ClN4O4/c1-3-13(16(24)20-8-9-26-2)23-10-21-17-14(18(23)25)15(22-27-17)11-4-6-12(19)7-5-11/h4-7,10,13H,3,8-9H2,1-2H3,(H,20,24)/t13-/m0/s1. The average Bonchev–Trinajstić information content (AvgIpc) is 3.10. The highest BCUT2D eigenvalue weighted by atomic mass is 35.5. The maximum absolute atomic E-state index is 13.1. The molecule has 3 rings (SSSR count). The number of fused-ring (bicyclic) bond motifs is 1. The van der Waals surface area contributed by atoms with Crippen molar-refractivity contribution < 1.29 is 14.1 Å². The molecule has 0 unspecified atom stereocenters. The SMILES string of the molecule is CC[C@@H](C(=O)NCCOC)n1cnc2onc(-c3ccc(Cl)cc3)c2c1=O. The van der Waals surface area contributed by atoms with Crippen molar-refractivity contribution in [3.63, 3.8) is 0 Å². The van der Waals surface area contributed by atoms with E-state index in [1.165, 1.54) is 10.9 Å². The van der Waals surface area contributed by atoms with Crippen molar-refractivity contribution in [3.8, 4) is 11.3 Å². The molecule has 2 aromatic heterocycles. The quantitative estimate of drug-likeness (QED) is 0.622. The summed E-state index contributed by atoms with van der Waals surface area (Å²) in [6.07, 6.45) is 1.74. The third kappa shape index (κ3) is 3.86. The Balaban J connectivity index is 2.03. The molecule has 0 aliphatic rings. The molecule has 1 amide bonds. The van der Waals surface area contributed by atoms with Crippen LogP contribution >= 0.6 is 11.6 Å². The molecule has 142 valence electrons. The minimum atomic E-state index is -0.695. The van der Waals surface area contributed by atoms with E-state index in [-0.39, 0.29) is 22.6 Å². The number of carbonyl (C=O) groups excluding carboxylic acids is 1. The minimum Gasteiger partial charge on any atom is -0.383 e. The molecule has 27 heavy (non-hydrogen) atoms. The van der Waals surface area contributed by atoms with Gasteiger partial charge in [-0.2, -0.15) is 0 Å². The number of rotatable bonds is 7. The van der Waals surface area contributed by atoms with Crippen molar-refractivity contribution in [2.45, 2.75) is 19.4 Å². The van der Waals surface area contributed by atoms with E-state index in [9.17, 15) is 9.59 Å². The Kier molecular flexibility index (Phi) is 5.88. The summed E-state index contributed by atoms with van der Waals surface area (Å²) in [5.74, 6) is -0.276. The van der Waals surface area contributed by atoms with Gasteiger partial charge >= 0.3 is 0 Å². The van der Waals surface area contributed by atoms with E-state index in [0.29, 0.717) is 35.9 Å². The molecule has 1 aromatic carbocycles. The normalized spacial score (nSPS) is 12.3. The predicted octanol–water partition coefficient (Wildman–Crippen LogP) is 2.42. The number of benzene rings is 1. The molecule has 0 saturated carbocycles. The lowest BCUT2D eigenvalue weighted by molar-refractivity contribution is -0.124. The van der Waals surface area contributed by atoms with E-state index < -0.39 is 6.04 Å². The van der Waals surface area contributed by atoms with Gasteiger partial charge in [-0.25, -0.2) is 4.98 Å². The highest BCUT2D eigenvalue weighted by Crippen LogP contribution is 2.26. The second-order valence-corrected chi connectivity index (χ2v) is 6.32. The Morgan fingerprint density at radius 3 is 2.78 bits per heavy atom. The summed E-state index contributed by atoms with van der Waals surface area (Å²) in [5.41, 5.74) is 0.770. The van der Waals surface area contributed by atoms with Crippen molar-refractivity contribution in [2.75, 3.05) is 20.3 Å². The van der Waals surface area contributed by atoms with E-state index in [4.69, 9.17) is 20.9 Å². The number of nitrogens with one attached hydrogen (secondary N) is 1. The first-order chi connectivity index (χ1) is 13.1. The molecule has 0 saturated heterocycles. The molecule has 3 aromatic rings. The molecule has 0 radical (unpaired) electrons. The lowest BCUT2D eigenvalue weighted by Gasteiger charge is -2.17. The Hall–Kier alpha value is -2.71. The Morgan fingerprint density at radius 1 is 1.37 bits per heavy atom. The van der Waals surface area contributed by atoms with E-state index in [1.807, 2.05) is 6.92 Å². The molecule has 0 fully saturated rings. The molecule has 0 bridgehead atoms. The molecule has 0 aliphatic heterocycles. The second kappa shape index (κ2) is 8.32. The fourth-order valence-corrected chi connectivity index (χ4v) is 2.91. The number of halogens is 1. The zero-order valence-electron chi connectivity index (χ0n) is 14.9. The van der Waals surface area contributed by atoms with Crippen molar-refractivity contribution in [3.05, 3.63) is 46.0 Å². The number of aromatic nitrogens is 3. The summed E-state index contributed by atoms with van der Waals surface area (Å²) in [5, 5.41) is 7.52. The summed E-state index contributed by atoms with van der Waals surface area (Å²) in [4.78, 5) is 29.7. The van der Waals surface area contributed by atoms with Gasteiger partial charge in [-0.05, 0) is 18.6 Å². The maximum atomic E-state index is 13.1. The highest BCUT2D eigenvalue weighted by molar-refractivity contribution is 6.30. The molecule has 2 heterocycles. The van der Waals surface area contributed by atoms with Crippen LogP contribution in [-0.4, -0.2) is 40.9 Å². The zero-order chi connectivity index (χ0) is 19.4. The second-order valence-electron chi connectivity index (χ2n) is 5.88. The van der Waals surface area contributed by atoms with Crippen LogP contribution in [0.1, 0.15) is 19.4 Å². The summed E-state index contributed by atoms with van der Waals surface area (Å²) in [6.45, 7) is 2.57. The first kappa shape index (κ1) is 19.1. The van der Waals surface area contributed by atoms with Crippen molar-refractivity contribution in [1.29, 1.82) is 0 Å². The van der Waals surface area contributed by atoms with Gasteiger partial charge in [0.2, 0.25) is 5.91 Å². The first-order valence-electron chi connectivity index (χ1n) is 8.46. The zero-order valence-corrected chi connectivity index (χ0v) is 15.7. The molecule has 8 nitrogen and oxygen atoms in total. The van der Waals surface area contributed by atoms with Crippen molar-refractivity contribution >= 4 is 28.6 Å². The number of ether oxygens (including phenoxy) is 1. The fourth-order valence-electron chi connectivity index (χ4n) is 2.79. The van der Waals surface area contributed by atoms with E-state index in [0.717, 1.165) is 0 Å². The number of amides is 1. The lowest BCUT2D eigenvalue weighted by Crippen LogP contribution is -2.38. The molecule has 1 atom stereocenters. The fraction of sp³-hybridized carbons (Fsp3) is 0.333. The van der Waals surface area contributed by atoms with Crippen LogP contribution in [0.25, 0.3) is 22.4 Å². The number of hydrogen-bond donors (Lipinski definition) is 1. The largest absolute Gasteiger partial charge is 0.383 e. The van der Waals surface area contributed by atoms with Crippen LogP contribution in [0, 0.1) is 0 Å². The van der Waals surface area contributed by atoms with Gasteiger partial charge in [-0.15, -0.1) is 0 Å². The smallest absolute Gasteiger partial charge is 0.267 e. The van der Waals surface area contributed by atoms with Crippen LogP contribution in [0.2, 0.25) is 5.02 Å². The molecular formula is C18H19ClN4O4. The van der Waals surface area contributed by atoms with Crippen molar-refractivity contribution in [1.82, 2.24) is 20.0 Å². The van der Waals surface area contributed by atoms with Gasteiger partial charge in [0.1, 0.15) is 23.4 Å². The number of carbonyl (C=O) groups is 1. The Bertz CT molecular complexity index is 997. The van der Waals surface area contributed by atoms with Crippen LogP contribution < -0.4 is 10.9 Å². The van der Waals surface area contributed by atoms with Crippen LogP contribution in [0.15, 0.2) is 39.9 Å². The predicted molar refractivity (Wildman–Crippen MR) is 101 cm³/mol. The number of methoxy groups -OCH3 is 1. The summed E-state index contributed by atoms with van der Waals surface area (Å²) in [7, 11) is 1.55. The van der Waals surface area contributed by atoms with Gasteiger partial charge in [0.25, 0.3) is 11.3 Å². The van der Waals surface area contributed by atoms with Gasteiger partial charge < -0.3 is 14.6 Å². The lowest BCUT2D eigenvalue weighted by atomic mass is 10.1. The van der Waals surface area contributed by atoms with E-state index >= 15 is 0 Å². The third-order valence-corrected chi connectivity index (χ3v) is 4.42. The van der Waals surface area contributed by atoms with Gasteiger partial charge in [-0.3, -0.25) is 14.2 Å². The van der Waals surface area contributed by atoms with Gasteiger partial charge in [0, 0.05) is 24.2 Å². The Morgan fingerprint density at radius 2 is 2.11 bits per heavy atom. The van der Waals surface area contributed by atoms with Gasteiger partial charge in [-0.1, -0.05) is 35.8 Å². The maximum Gasteiger partial charge on any atom is 0.267 e. The average molecular weight is 391 g/mol.